The van der Waals surface area contributed by atoms with Crippen LogP contribution in [0.2, 0.25) is 0 Å². The Morgan fingerprint density at radius 1 is 0.149 bits per heavy atom. The zero-order valence-corrected chi connectivity index (χ0v) is 104. The van der Waals surface area contributed by atoms with Gasteiger partial charge in [-0.1, -0.05) is 605 Å². The van der Waals surface area contributed by atoms with E-state index in [0.29, 0.717) is 0 Å². The van der Waals surface area contributed by atoms with E-state index in [-0.39, 0.29) is 0 Å². The predicted octanol–water partition coefficient (Wildman–Crippen LogP) is 36.8. The smallest absolute Gasteiger partial charge is 0.0768 e. The topological polar surface area (TPSA) is 30.7 Å². The molecule has 0 aromatic heterocycles. The van der Waals surface area contributed by atoms with Gasteiger partial charge in [-0.15, -0.1) is 0 Å². The molecule has 0 heterocycles. The molecule has 148 heavy (non-hydrogen) atoms. The van der Waals surface area contributed by atoms with Gasteiger partial charge in [-0.2, -0.15) is 0 Å². The zero-order chi connectivity index (χ0) is 110. The second-order valence-electron chi connectivity index (χ2n) is 44.1. The van der Waals surface area contributed by atoms with Gasteiger partial charge in [0.25, 0.3) is 0 Å². The number of benzene rings is 8. The van der Waals surface area contributed by atoms with Crippen LogP contribution in [0.1, 0.15) is 495 Å². The summed E-state index contributed by atoms with van der Waals surface area (Å²) >= 11 is 0. The van der Waals surface area contributed by atoms with Gasteiger partial charge in [0.05, 0.1) is 81.1 Å². The SMILES string of the molecule is CCCCCCCCCCCCCCCC[NH+](C)C.CCCCCCCCCCCCCCCC[NH+](C)CC.CCCCCCCCCCCCCCCC[NH+](C)CCC.CCCCCCCCCCCCCCCC[NH+](C)CCCC.CCCCN(C)CC.CCCN(C)CC.CCN(C)C.CCN(C)CC.c1ccc2ccccc2c1.c1ccc2ccccc2c1.c1ccc2ccccc2c1.c1ccc2ccccc2c1. The average molecular weight is 2060 g/mol. The average Bonchev–Trinajstić information content (AvgIpc) is 0.886. The number of nitrogens with zero attached hydrogens (tertiary/aromatic N) is 4. The minimum atomic E-state index is 1.14. The van der Waals surface area contributed by atoms with Gasteiger partial charge < -0.3 is 39.2 Å². The fraction of sp³-hybridized carbons (Fsp3) is 0.714. The third-order valence-electron chi connectivity index (χ3n) is 29.1. The second-order valence-corrected chi connectivity index (χ2v) is 44.1. The maximum absolute atomic E-state index is 2.36. The van der Waals surface area contributed by atoms with Crippen LogP contribution in [-0.4, -0.2) is 182 Å². The number of rotatable bonds is 76. The van der Waals surface area contributed by atoms with E-state index in [2.05, 4.69) is 381 Å². The Labute approximate surface area is 927 Å². The number of hydrogen-bond donors (Lipinski definition) is 4. The van der Waals surface area contributed by atoms with E-state index in [4.69, 9.17) is 0 Å². The highest BCUT2D eigenvalue weighted by molar-refractivity contribution is 5.84. The van der Waals surface area contributed by atoms with E-state index in [1.54, 1.807) is 19.6 Å². The minimum Gasteiger partial charge on any atom is -0.340 e. The van der Waals surface area contributed by atoms with Crippen LogP contribution in [0.25, 0.3) is 43.1 Å². The van der Waals surface area contributed by atoms with Gasteiger partial charge in [-0.3, -0.25) is 0 Å². The fourth-order valence-corrected chi connectivity index (χ4v) is 17.8. The molecule has 4 N–H and O–H groups in total. The third-order valence-corrected chi connectivity index (χ3v) is 29.1. The van der Waals surface area contributed by atoms with Crippen molar-refractivity contribution in [3.8, 4) is 0 Å². The Hall–Kier alpha value is -5.52. The Balaban J connectivity index is -0.000000782. The Kier molecular flexibility index (Phi) is 124. The van der Waals surface area contributed by atoms with E-state index in [1.165, 1.54) is 513 Å². The molecule has 8 rings (SSSR count). The summed E-state index contributed by atoms with van der Waals surface area (Å²) in [4.78, 5) is 15.8. The Morgan fingerprint density at radius 2 is 0.311 bits per heavy atom. The summed E-state index contributed by atoms with van der Waals surface area (Å²) in [6, 6.07) is 66.9. The van der Waals surface area contributed by atoms with E-state index in [9.17, 15) is 0 Å². The predicted molar refractivity (Wildman–Crippen MR) is 680 cm³/mol. The molecule has 8 aromatic carbocycles. The highest BCUT2D eigenvalue weighted by Crippen LogP contribution is 2.21. The summed E-state index contributed by atoms with van der Waals surface area (Å²) in [7, 11) is 22.0. The van der Waals surface area contributed by atoms with Crippen LogP contribution in [0.4, 0.5) is 0 Å². The molecule has 3 atom stereocenters. The molecule has 0 amide bonds. The Bertz CT molecular complexity index is 3210. The van der Waals surface area contributed by atoms with E-state index in [1.807, 2.05) is 0 Å². The van der Waals surface area contributed by atoms with Gasteiger partial charge in [0, 0.05) is 0 Å². The van der Waals surface area contributed by atoms with E-state index >= 15 is 0 Å². The second kappa shape index (κ2) is 123. The van der Waals surface area contributed by atoms with Crippen molar-refractivity contribution in [2.45, 2.75) is 495 Å². The number of hydrogen-bond acceptors (Lipinski definition) is 4. The molecular weight excluding hydrogens is 1790 g/mol. The normalized spacial score (nSPS) is 11.4. The molecule has 0 aliphatic carbocycles. The summed E-state index contributed by atoms with van der Waals surface area (Å²) in [5.41, 5.74) is 0. The molecule has 0 fully saturated rings. The lowest BCUT2D eigenvalue weighted by Gasteiger charge is -2.13. The third kappa shape index (κ3) is 112. The summed E-state index contributed by atoms with van der Waals surface area (Å²) in [5, 5.41) is 10.5. The number of nitrogens with one attached hydrogen (secondary N) is 4. The van der Waals surface area contributed by atoms with Gasteiger partial charge in [-0.05, 0) is 208 Å². The monoisotopic (exact) mass is 2050 g/mol. The molecule has 856 valence electrons. The maximum Gasteiger partial charge on any atom is 0.0768 e. The molecule has 8 aromatic rings. The molecular formula is C140H260N8+4. The van der Waals surface area contributed by atoms with Crippen molar-refractivity contribution in [2.75, 3.05) is 162 Å². The van der Waals surface area contributed by atoms with Crippen LogP contribution in [0, 0.1) is 0 Å². The summed E-state index contributed by atoms with van der Waals surface area (Å²) in [6.07, 6.45) is 89.8. The van der Waals surface area contributed by atoms with E-state index in [0.717, 1.165) is 19.6 Å². The first-order valence-electron chi connectivity index (χ1n) is 63.9. The number of fused-ring (bicyclic) bond motifs is 4. The highest BCUT2D eigenvalue weighted by Gasteiger charge is 2.06. The first-order valence-corrected chi connectivity index (χ1v) is 63.9. The first-order chi connectivity index (χ1) is 72.3. The molecule has 0 spiro atoms. The van der Waals surface area contributed by atoms with Crippen molar-refractivity contribution in [1.82, 2.24) is 19.6 Å². The van der Waals surface area contributed by atoms with Crippen LogP contribution in [0.3, 0.4) is 0 Å². The lowest BCUT2D eigenvalue weighted by atomic mass is 10.0. The summed E-state index contributed by atoms with van der Waals surface area (Å²) in [5.74, 6) is 0. The van der Waals surface area contributed by atoms with Crippen molar-refractivity contribution in [2.24, 2.45) is 0 Å². The van der Waals surface area contributed by atoms with Gasteiger partial charge in [0.2, 0.25) is 0 Å². The molecule has 0 aliphatic heterocycles. The van der Waals surface area contributed by atoms with Crippen molar-refractivity contribution in [3.05, 3.63) is 194 Å². The molecule has 0 aliphatic rings. The standard InChI is InChI=1S/C21H45N.C20H43N.C19H41N.C18H39N.4C10H8.C7H17N.C6H15N.C5H13N.C4H11N/c1-4-6-8-9-10-11-12-13-14-15-16-17-18-19-21-22(3)20-7-5-2;1-4-6-7-8-9-10-11-12-13-14-15-16-17-18-20-21(3)19-5-2;1-4-6-7-8-9-10-11-12-13-14-15-16-17-18-19-20(3)5-2;1-4-5-6-7-8-9-10-11-12-13-14-15-16-17-18-19(2)3;4*1-2-6-10-8-4-3-7-9(10)5-1;1-4-6-7-8(3)5-2;1-4-6-7(3)5-2;1-4-6(3)5-2;1-4-5(2)3/h4-21H2,1-3H3;4-20H2,1-3H3;4-19H2,1-3H3;4-18H2,1-3H3;4*1-8H;4-7H2,1-3H3;4-6H2,1-3H3;4-5H2,1-3H3;4H2,1-3H3/p+4. The molecule has 0 saturated heterocycles. The van der Waals surface area contributed by atoms with Crippen LogP contribution >= 0.6 is 0 Å². The fourth-order valence-electron chi connectivity index (χ4n) is 17.8. The minimum absolute atomic E-state index is 1.14. The van der Waals surface area contributed by atoms with Crippen LogP contribution in [-0.2, 0) is 0 Å². The molecule has 0 bridgehead atoms. The lowest BCUT2D eigenvalue weighted by Crippen LogP contribution is -3.09. The van der Waals surface area contributed by atoms with Crippen molar-refractivity contribution in [3.63, 3.8) is 0 Å². The van der Waals surface area contributed by atoms with Crippen molar-refractivity contribution >= 4 is 43.1 Å². The van der Waals surface area contributed by atoms with Gasteiger partial charge in [0.15, 0.2) is 0 Å². The van der Waals surface area contributed by atoms with Crippen LogP contribution in [0.15, 0.2) is 194 Å². The van der Waals surface area contributed by atoms with Crippen molar-refractivity contribution in [1.29, 1.82) is 0 Å². The summed E-state index contributed by atoms with van der Waals surface area (Å²) < 4.78 is 0. The largest absolute Gasteiger partial charge is 0.340 e. The molecule has 0 radical (unpaired) electrons. The molecule has 3 unspecified atom stereocenters. The molecule has 0 saturated carbocycles. The van der Waals surface area contributed by atoms with Gasteiger partial charge >= 0.3 is 0 Å². The van der Waals surface area contributed by atoms with Gasteiger partial charge in [-0.25, -0.2) is 0 Å². The van der Waals surface area contributed by atoms with Gasteiger partial charge in [0.1, 0.15) is 0 Å². The lowest BCUT2D eigenvalue weighted by molar-refractivity contribution is -0.880. The van der Waals surface area contributed by atoms with Crippen molar-refractivity contribution < 1.29 is 19.6 Å². The first kappa shape index (κ1) is 149. The van der Waals surface area contributed by atoms with Crippen LogP contribution in [0.5, 0.6) is 0 Å². The summed E-state index contributed by atoms with van der Waals surface area (Å²) in [6.45, 7) is 49.1. The number of unbranched alkanes of at least 4 members (excludes halogenated alkanes) is 54. The Morgan fingerprint density at radius 3 is 0.459 bits per heavy atom. The zero-order valence-electron chi connectivity index (χ0n) is 104. The molecule has 8 nitrogen and oxygen atoms in total. The molecule has 8 heteroatoms. The van der Waals surface area contributed by atoms with Crippen LogP contribution < -0.4 is 19.6 Å². The van der Waals surface area contributed by atoms with E-state index < -0.39 is 0 Å². The number of quaternary nitrogens is 4. The highest BCUT2D eigenvalue weighted by atomic mass is 15.1. The maximum atomic E-state index is 2.36. The quantitative estimate of drug-likeness (QED) is 0.0286.